The zero-order valence-electron chi connectivity index (χ0n) is 14.5. The first-order valence-electron chi connectivity index (χ1n) is 9.04. The van der Waals surface area contributed by atoms with E-state index in [1.54, 1.807) is 0 Å². The van der Waals surface area contributed by atoms with Crippen LogP contribution in [0.4, 0.5) is 0 Å². The molecule has 2 fully saturated rings. The van der Waals surface area contributed by atoms with Crippen molar-refractivity contribution in [2.24, 2.45) is 11.8 Å². The average Bonchev–Trinajstić information content (AvgIpc) is 2.48. The van der Waals surface area contributed by atoms with E-state index in [1.165, 1.54) is 44.9 Å². The summed E-state index contributed by atoms with van der Waals surface area (Å²) < 4.78 is 12.3. The van der Waals surface area contributed by atoms with E-state index in [4.69, 9.17) is 9.47 Å². The highest BCUT2D eigenvalue weighted by Crippen LogP contribution is 2.42. The third-order valence-corrected chi connectivity index (χ3v) is 5.51. The Kier molecular flexibility index (Phi) is 6.51. The molecule has 0 aromatic carbocycles. The van der Waals surface area contributed by atoms with Crippen molar-refractivity contribution in [3.63, 3.8) is 0 Å². The quantitative estimate of drug-likeness (QED) is 0.809. The fourth-order valence-corrected chi connectivity index (χ4v) is 4.49. The van der Waals surface area contributed by atoms with Crippen LogP contribution in [-0.2, 0) is 9.47 Å². The molecule has 1 saturated carbocycles. The largest absolute Gasteiger partial charge is 0.377 e. The summed E-state index contributed by atoms with van der Waals surface area (Å²) in [5.74, 6) is 1.23. The molecule has 1 N–H and O–H groups in total. The first kappa shape index (κ1) is 17.2. The smallest absolute Gasteiger partial charge is 0.0753 e. The summed E-state index contributed by atoms with van der Waals surface area (Å²) >= 11 is 0. The summed E-state index contributed by atoms with van der Waals surface area (Å²) in [7, 11) is 2.10. The molecule has 3 nitrogen and oxygen atoms in total. The fourth-order valence-electron chi connectivity index (χ4n) is 4.49. The van der Waals surface area contributed by atoms with Crippen LogP contribution in [-0.4, -0.2) is 38.0 Å². The maximum Gasteiger partial charge on any atom is 0.0753 e. The van der Waals surface area contributed by atoms with Crippen LogP contribution in [0.5, 0.6) is 0 Å². The predicted octanol–water partition coefficient (Wildman–Crippen LogP) is 3.77. The molecule has 1 saturated heterocycles. The van der Waals surface area contributed by atoms with Gasteiger partial charge in [-0.05, 0) is 51.5 Å². The van der Waals surface area contributed by atoms with E-state index in [9.17, 15) is 0 Å². The molecule has 1 heterocycles. The summed E-state index contributed by atoms with van der Waals surface area (Å²) in [4.78, 5) is 0. The van der Waals surface area contributed by atoms with Crippen molar-refractivity contribution in [3.05, 3.63) is 0 Å². The first-order chi connectivity index (χ1) is 10.1. The number of rotatable bonds is 6. The number of nitrogens with one attached hydrogen (secondary N) is 1. The maximum absolute atomic E-state index is 6.26. The van der Waals surface area contributed by atoms with Crippen LogP contribution >= 0.6 is 0 Å². The van der Waals surface area contributed by atoms with Crippen LogP contribution in [0, 0.1) is 11.8 Å². The molecule has 2 aliphatic rings. The van der Waals surface area contributed by atoms with E-state index in [0.717, 1.165) is 13.2 Å². The van der Waals surface area contributed by atoms with E-state index in [0.29, 0.717) is 24.0 Å². The van der Waals surface area contributed by atoms with Crippen molar-refractivity contribution in [2.45, 2.75) is 83.5 Å². The number of likely N-dealkylation sites (N-methyl/N-ethyl adjacent to an activating group) is 1. The third-order valence-electron chi connectivity index (χ3n) is 5.51. The zero-order chi connectivity index (χ0) is 15.3. The van der Waals surface area contributed by atoms with Gasteiger partial charge in [0.25, 0.3) is 0 Å². The van der Waals surface area contributed by atoms with Gasteiger partial charge in [-0.3, -0.25) is 0 Å². The normalized spacial score (nSPS) is 28.7. The van der Waals surface area contributed by atoms with Crippen molar-refractivity contribution >= 4 is 0 Å². The Labute approximate surface area is 131 Å². The third kappa shape index (κ3) is 4.20. The molecule has 124 valence electrons. The second kappa shape index (κ2) is 7.94. The summed E-state index contributed by atoms with van der Waals surface area (Å²) in [5, 5.41) is 3.58. The highest BCUT2D eigenvalue weighted by Gasteiger charge is 2.42. The van der Waals surface area contributed by atoms with Gasteiger partial charge in [0.15, 0.2) is 0 Å². The zero-order valence-corrected chi connectivity index (χ0v) is 14.5. The minimum Gasteiger partial charge on any atom is -0.377 e. The fraction of sp³-hybridized carbons (Fsp3) is 1.00. The van der Waals surface area contributed by atoms with Crippen LogP contribution in [0.15, 0.2) is 0 Å². The van der Waals surface area contributed by atoms with Gasteiger partial charge in [0, 0.05) is 19.3 Å². The van der Waals surface area contributed by atoms with E-state index in [2.05, 4.69) is 33.1 Å². The molecule has 0 bridgehead atoms. The standard InChI is InChI=1S/C18H35NO2/c1-5-20-17(14(2)3)16(19-4)15-9-12-21-18(13-15)10-7-6-8-11-18/h14-17,19H,5-13H2,1-4H3. The SMILES string of the molecule is CCOC(C(C)C)C(NC)C1CCOC2(CCCCC2)C1. The molecule has 1 spiro atoms. The number of ether oxygens (including phenoxy) is 2. The van der Waals surface area contributed by atoms with Gasteiger partial charge in [-0.15, -0.1) is 0 Å². The molecule has 3 atom stereocenters. The predicted molar refractivity (Wildman–Crippen MR) is 87.6 cm³/mol. The minimum absolute atomic E-state index is 0.185. The minimum atomic E-state index is 0.185. The van der Waals surface area contributed by atoms with Crippen LogP contribution in [0.25, 0.3) is 0 Å². The lowest BCUT2D eigenvalue weighted by molar-refractivity contribution is -0.131. The second-order valence-electron chi connectivity index (χ2n) is 7.32. The van der Waals surface area contributed by atoms with Gasteiger partial charge in [0.1, 0.15) is 0 Å². The summed E-state index contributed by atoms with van der Waals surface area (Å²) in [6.45, 7) is 8.39. The highest BCUT2D eigenvalue weighted by molar-refractivity contribution is 4.95. The monoisotopic (exact) mass is 297 g/mol. The Morgan fingerprint density at radius 2 is 1.95 bits per heavy atom. The molecule has 3 unspecified atom stereocenters. The van der Waals surface area contributed by atoms with E-state index >= 15 is 0 Å². The Balaban J connectivity index is 2.05. The summed E-state index contributed by atoms with van der Waals surface area (Å²) in [6.07, 6.45) is 9.30. The van der Waals surface area contributed by atoms with Gasteiger partial charge < -0.3 is 14.8 Å². The lowest BCUT2D eigenvalue weighted by Crippen LogP contribution is -2.53. The Morgan fingerprint density at radius 3 is 2.52 bits per heavy atom. The molecule has 0 aromatic rings. The maximum atomic E-state index is 6.26. The molecule has 1 aliphatic carbocycles. The molecule has 3 heteroatoms. The van der Waals surface area contributed by atoms with Gasteiger partial charge >= 0.3 is 0 Å². The van der Waals surface area contributed by atoms with Gasteiger partial charge in [0.2, 0.25) is 0 Å². The Morgan fingerprint density at radius 1 is 1.24 bits per heavy atom. The van der Waals surface area contributed by atoms with Crippen molar-refractivity contribution < 1.29 is 9.47 Å². The lowest BCUT2D eigenvalue weighted by Gasteiger charge is -2.47. The topological polar surface area (TPSA) is 30.5 Å². The average molecular weight is 297 g/mol. The van der Waals surface area contributed by atoms with Gasteiger partial charge in [0.05, 0.1) is 11.7 Å². The second-order valence-corrected chi connectivity index (χ2v) is 7.32. The van der Waals surface area contributed by atoms with Gasteiger partial charge in [-0.1, -0.05) is 33.1 Å². The number of hydrogen-bond donors (Lipinski definition) is 1. The highest BCUT2D eigenvalue weighted by atomic mass is 16.5. The van der Waals surface area contributed by atoms with Gasteiger partial charge in [-0.2, -0.15) is 0 Å². The summed E-state index contributed by atoms with van der Waals surface area (Å²) in [5.41, 5.74) is 0.185. The molecule has 1 aliphatic heterocycles. The molecule has 2 rings (SSSR count). The van der Waals surface area contributed by atoms with Crippen LogP contribution in [0.3, 0.4) is 0 Å². The van der Waals surface area contributed by atoms with E-state index < -0.39 is 0 Å². The molecule has 0 amide bonds. The van der Waals surface area contributed by atoms with Gasteiger partial charge in [-0.25, -0.2) is 0 Å². The first-order valence-corrected chi connectivity index (χ1v) is 9.04. The molecular weight excluding hydrogens is 262 g/mol. The van der Waals surface area contributed by atoms with Crippen molar-refractivity contribution in [3.8, 4) is 0 Å². The molecule has 21 heavy (non-hydrogen) atoms. The molecule has 0 radical (unpaired) electrons. The van der Waals surface area contributed by atoms with Crippen molar-refractivity contribution in [1.29, 1.82) is 0 Å². The van der Waals surface area contributed by atoms with Crippen molar-refractivity contribution in [2.75, 3.05) is 20.3 Å². The lowest BCUT2D eigenvalue weighted by atomic mass is 9.72. The number of hydrogen-bond acceptors (Lipinski definition) is 3. The van der Waals surface area contributed by atoms with Crippen LogP contribution in [0.2, 0.25) is 0 Å². The van der Waals surface area contributed by atoms with Crippen LogP contribution < -0.4 is 5.32 Å². The molecule has 0 aromatic heterocycles. The van der Waals surface area contributed by atoms with Crippen LogP contribution in [0.1, 0.15) is 65.7 Å². The van der Waals surface area contributed by atoms with Crippen molar-refractivity contribution in [1.82, 2.24) is 5.32 Å². The van der Waals surface area contributed by atoms with E-state index in [1.807, 2.05) is 0 Å². The molecular formula is C18H35NO2. The summed E-state index contributed by atoms with van der Waals surface area (Å²) in [6, 6.07) is 0.452. The Bertz CT molecular complexity index is 294. The van der Waals surface area contributed by atoms with E-state index in [-0.39, 0.29) is 5.60 Å². The Hall–Kier alpha value is -0.120.